The molecule has 2 aliphatic rings. The number of carbonyl (C=O) groups is 1. The summed E-state index contributed by atoms with van der Waals surface area (Å²) in [5.41, 5.74) is 1.25. The summed E-state index contributed by atoms with van der Waals surface area (Å²) in [6, 6.07) is 12.0. The van der Waals surface area contributed by atoms with E-state index in [9.17, 15) is 9.18 Å². The van der Waals surface area contributed by atoms with Crippen molar-refractivity contribution in [2.75, 3.05) is 13.2 Å². The lowest BCUT2D eigenvalue weighted by atomic mass is 10.0. The van der Waals surface area contributed by atoms with Gasteiger partial charge < -0.3 is 14.6 Å². The number of carboxylic acid groups (broad SMARTS) is 1. The van der Waals surface area contributed by atoms with E-state index < -0.39 is 5.97 Å². The number of aliphatic carboxylic acids is 1. The molecule has 0 heterocycles. The molecular weight excluding hydrogens is 335 g/mol. The van der Waals surface area contributed by atoms with Crippen LogP contribution in [0.1, 0.15) is 19.3 Å². The maximum absolute atomic E-state index is 14.2. The lowest BCUT2D eigenvalue weighted by Crippen LogP contribution is -2.06. The summed E-state index contributed by atoms with van der Waals surface area (Å²) in [6.07, 6.45) is 3.10. The SMILES string of the molecule is O=C(O)C1CC1COc1ccc(-c2cc(OCC3CC3)ccc2F)cc1. The van der Waals surface area contributed by atoms with Gasteiger partial charge in [0.25, 0.3) is 0 Å². The van der Waals surface area contributed by atoms with E-state index in [-0.39, 0.29) is 17.7 Å². The quantitative estimate of drug-likeness (QED) is 0.763. The van der Waals surface area contributed by atoms with Crippen molar-refractivity contribution in [1.29, 1.82) is 0 Å². The Balaban J connectivity index is 1.39. The number of carboxylic acids is 1. The Labute approximate surface area is 151 Å². The zero-order valence-corrected chi connectivity index (χ0v) is 14.4. The molecule has 0 aliphatic heterocycles. The molecule has 2 aromatic carbocycles. The summed E-state index contributed by atoms with van der Waals surface area (Å²) >= 11 is 0. The van der Waals surface area contributed by atoms with Gasteiger partial charge in [-0.25, -0.2) is 4.39 Å². The van der Waals surface area contributed by atoms with Crippen LogP contribution in [0.2, 0.25) is 0 Å². The Kier molecular flexibility index (Phi) is 4.53. The summed E-state index contributed by atoms with van der Waals surface area (Å²) in [7, 11) is 0. The minimum absolute atomic E-state index is 0.0879. The largest absolute Gasteiger partial charge is 0.493 e. The van der Waals surface area contributed by atoms with Gasteiger partial charge in [0.05, 0.1) is 19.1 Å². The summed E-state index contributed by atoms with van der Waals surface area (Å²) in [4.78, 5) is 10.8. The predicted molar refractivity (Wildman–Crippen MR) is 94.8 cm³/mol. The fourth-order valence-corrected chi connectivity index (χ4v) is 2.98. The van der Waals surface area contributed by atoms with Crippen LogP contribution < -0.4 is 9.47 Å². The van der Waals surface area contributed by atoms with Crippen LogP contribution in [-0.2, 0) is 4.79 Å². The fraction of sp³-hybridized carbons (Fsp3) is 0.381. The highest BCUT2D eigenvalue weighted by Crippen LogP contribution is 2.39. The first-order chi connectivity index (χ1) is 12.6. The molecule has 2 aromatic rings. The van der Waals surface area contributed by atoms with Gasteiger partial charge in [0.2, 0.25) is 0 Å². The number of benzene rings is 2. The first-order valence-corrected chi connectivity index (χ1v) is 8.98. The maximum atomic E-state index is 14.2. The molecule has 0 saturated heterocycles. The predicted octanol–water partition coefficient (Wildman–Crippen LogP) is 4.38. The van der Waals surface area contributed by atoms with Crippen molar-refractivity contribution in [1.82, 2.24) is 0 Å². The molecule has 2 unspecified atom stereocenters. The molecule has 0 radical (unpaired) electrons. The third-order valence-electron chi connectivity index (χ3n) is 4.99. The monoisotopic (exact) mass is 356 g/mol. The summed E-state index contributed by atoms with van der Waals surface area (Å²) in [6.45, 7) is 1.09. The van der Waals surface area contributed by atoms with Crippen LogP contribution in [0.4, 0.5) is 4.39 Å². The normalized spacial score (nSPS) is 21.3. The van der Waals surface area contributed by atoms with Crippen LogP contribution in [0.3, 0.4) is 0 Å². The topological polar surface area (TPSA) is 55.8 Å². The summed E-state index contributed by atoms with van der Waals surface area (Å²) < 4.78 is 25.6. The van der Waals surface area contributed by atoms with E-state index in [2.05, 4.69) is 0 Å². The second-order valence-corrected chi connectivity index (χ2v) is 7.17. The van der Waals surface area contributed by atoms with Gasteiger partial charge in [-0.2, -0.15) is 0 Å². The van der Waals surface area contributed by atoms with Crippen LogP contribution >= 0.6 is 0 Å². The van der Waals surface area contributed by atoms with Gasteiger partial charge in [-0.1, -0.05) is 12.1 Å². The number of hydrogen-bond donors (Lipinski definition) is 1. The molecular formula is C21H21FO4. The van der Waals surface area contributed by atoms with Gasteiger partial charge in [0, 0.05) is 11.5 Å². The zero-order chi connectivity index (χ0) is 18.1. The van der Waals surface area contributed by atoms with Crippen molar-refractivity contribution in [3.8, 4) is 22.6 Å². The summed E-state index contributed by atoms with van der Waals surface area (Å²) in [5, 5.41) is 8.90. The van der Waals surface area contributed by atoms with Gasteiger partial charge in [-0.15, -0.1) is 0 Å². The smallest absolute Gasteiger partial charge is 0.306 e. The zero-order valence-electron chi connectivity index (χ0n) is 14.4. The second kappa shape index (κ2) is 6.98. The Bertz CT molecular complexity index is 798. The molecule has 0 spiro atoms. The molecule has 26 heavy (non-hydrogen) atoms. The van der Waals surface area contributed by atoms with Crippen molar-refractivity contribution in [2.24, 2.45) is 17.8 Å². The molecule has 0 amide bonds. The number of ether oxygens (including phenoxy) is 2. The highest BCUT2D eigenvalue weighted by atomic mass is 19.1. The molecule has 136 valence electrons. The standard InChI is InChI=1S/C21H21FO4/c22-20-8-7-17(25-11-13-1-2-13)10-18(20)14-3-5-16(6-4-14)26-12-15-9-19(15)21(23)24/h3-8,10,13,15,19H,1-2,9,11-12H2,(H,23,24). The van der Waals surface area contributed by atoms with E-state index in [1.165, 1.54) is 18.9 Å². The van der Waals surface area contributed by atoms with E-state index in [0.717, 1.165) is 5.56 Å². The first-order valence-electron chi connectivity index (χ1n) is 8.98. The maximum Gasteiger partial charge on any atom is 0.306 e. The fourth-order valence-electron chi connectivity index (χ4n) is 2.98. The second-order valence-electron chi connectivity index (χ2n) is 7.17. The van der Waals surface area contributed by atoms with Crippen molar-refractivity contribution in [3.63, 3.8) is 0 Å². The van der Waals surface area contributed by atoms with Gasteiger partial charge in [0.1, 0.15) is 17.3 Å². The highest BCUT2D eigenvalue weighted by Gasteiger charge is 2.43. The van der Waals surface area contributed by atoms with Gasteiger partial charge in [-0.05, 0) is 61.1 Å². The Morgan fingerprint density at radius 3 is 2.38 bits per heavy atom. The van der Waals surface area contributed by atoms with Gasteiger partial charge >= 0.3 is 5.97 Å². The number of rotatable bonds is 8. The van der Waals surface area contributed by atoms with Crippen LogP contribution in [-0.4, -0.2) is 24.3 Å². The Hall–Kier alpha value is -2.56. The average Bonchev–Trinajstić information content (AvgIpc) is 3.54. The highest BCUT2D eigenvalue weighted by molar-refractivity contribution is 5.73. The van der Waals surface area contributed by atoms with E-state index in [4.69, 9.17) is 14.6 Å². The van der Waals surface area contributed by atoms with E-state index in [1.54, 1.807) is 36.4 Å². The van der Waals surface area contributed by atoms with E-state index in [0.29, 0.717) is 42.6 Å². The van der Waals surface area contributed by atoms with Crippen molar-refractivity contribution in [3.05, 3.63) is 48.3 Å². The number of hydrogen-bond acceptors (Lipinski definition) is 3. The van der Waals surface area contributed by atoms with Gasteiger partial charge in [-0.3, -0.25) is 4.79 Å². The van der Waals surface area contributed by atoms with Crippen LogP contribution in [0.5, 0.6) is 11.5 Å². The molecule has 4 rings (SSSR count). The third kappa shape index (κ3) is 3.98. The van der Waals surface area contributed by atoms with Crippen molar-refractivity contribution in [2.45, 2.75) is 19.3 Å². The van der Waals surface area contributed by atoms with Crippen molar-refractivity contribution < 1.29 is 23.8 Å². The van der Waals surface area contributed by atoms with E-state index in [1.807, 2.05) is 0 Å². The Morgan fingerprint density at radius 2 is 1.73 bits per heavy atom. The molecule has 0 bridgehead atoms. The lowest BCUT2D eigenvalue weighted by molar-refractivity contribution is -0.138. The third-order valence-corrected chi connectivity index (χ3v) is 4.99. The van der Waals surface area contributed by atoms with Gasteiger partial charge in [0.15, 0.2) is 0 Å². The van der Waals surface area contributed by atoms with Crippen LogP contribution in [0, 0.1) is 23.6 Å². The minimum Gasteiger partial charge on any atom is -0.493 e. The van der Waals surface area contributed by atoms with Crippen molar-refractivity contribution >= 4 is 5.97 Å². The van der Waals surface area contributed by atoms with E-state index >= 15 is 0 Å². The lowest BCUT2D eigenvalue weighted by Gasteiger charge is -2.10. The molecule has 1 N–H and O–H groups in total. The average molecular weight is 356 g/mol. The molecule has 2 aliphatic carbocycles. The molecule has 5 heteroatoms. The summed E-state index contributed by atoms with van der Waals surface area (Å²) in [5.74, 6) is 0.750. The van der Waals surface area contributed by atoms with Crippen LogP contribution in [0.25, 0.3) is 11.1 Å². The molecule has 2 saturated carbocycles. The van der Waals surface area contributed by atoms with Crippen LogP contribution in [0.15, 0.2) is 42.5 Å². The molecule has 2 fully saturated rings. The molecule has 0 aromatic heterocycles. The first kappa shape index (κ1) is 16.9. The Morgan fingerprint density at radius 1 is 1.04 bits per heavy atom. The minimum atomic E-state index is -0.756. The molecule has 2 atom stereocenters. The number of halogens is 1. The molecule has 4 nitrogen and oxygen atoms in total.